The van der Waals surface area contributed by atoms with Crippen molar-refractivity contribution in [1.29, 1.82) is 0 Å². The van der Waals surface area contributed by atoms with Gasteiger partial charge in [0.1, 0.15) is 11.6 Å². The van der Waals surface area contributed by atoms with Gasteiger partial charge in [-0.25, -0.2) is 9.37 Å². The highest BCUT2D eigenvalue weighted by molar-refractivity contribution is 5.80. The quantitative estimate of drug-likeness (QED) is 0.328. The van der Waals surface area contributed by atoms with Crippen molar-refractivity contribution < 1.29 is 13.9 Å². The van der Waals surface area contributed by atoms with Crippen LogP contribution in [0.5, 0.6) is 5.75 Å². The van der Waals surface area contributed by atoms with Crippen LogP contribution in [-0.4, -0.2) is 35.2 Å². The van der Waals surface area contributed by atoms with Crippen LogP contribution < -0.4 is 15.0 Å². The Bertz CT molecular complexity index is 1330. The number of hydrogen-bond donors (Lipinski definition) is 1. The van der Waals surface area contributed by atoms with Gasteiger partial charge < -0.3 is 19.5 Å². The summed E-state index contributed by atoms with van der Waals surface area (Å²) in [7, 11) is 0. The smallest absolute Gasteiger partial charge is 0.223 e. The molecule has 1 aliphatic rings. The third-order valence-electron chi connectivity index (χ3n) is 6.90. The fraction of sp³-hybridized carbons (Fsp3) is 0.333. The number of benzene rings is 3. The maximum Gasteiger partial charge on any atom is 0.223 e. The highest BCUT2D eigenvalue weighted by atomic mass is 19.1. The van der Waals surface area contributed by atoms with Crippen molar-refractivity contribution in [2.24, 2.45) is 5.92 Å². The number of amides is 1. The van der Waals surface area contributed by atoms with Crippen molar-refractivity contribution in [1.82, 2.24) is 14.9 Å². The van der Waals surface area contributed by atoms with Gasteiger partial charge in [-0.15, -0.1) is 0 Å². The van der Waals surface area contributed by atoms with Crippen molar-refractivity contribution in [3.63, 3.8) is 0 Å². The lowest BCUT2D eigenvalue weighted by atomic mass is 9.96. The zero-order valence-electron chi connectivity index (χ0n) is 21.2. The molecule has 0 radical (unpaired) electrons. The van der Waals surface area contributed by atoms with E-state index in [4.69, 9.17) is 9.72 Å². The Kier molecular flexibility index (Phi) is 7.68. The zero-order valence-corrected chi connectivity index (χ0v) is 21.2. The van der Waals surface area contributed by atoms with Crippen molar-refractivity contribution in [3.05, 3.63) is 89.7 Å². The standard InChI is InChI=1S/C30H33FN4O2/c1-2-19-37-26-13-9-22(10-14-26)20-32-29(36)24-15-17-34(18-16-24)30-33-27-5-3-4-6-28(27)35(30)21-23-7-11-25(31)12-8-23/h3-14,24H,2,15-21H2,1H3,(H,32,36). The van der Waals surface area contributed by atoms with Crippen molar-refractivity contribution in [2.45, 2.75) is 39.3 Å². The first-order valence-corrected chi connectivity index (χ1v) is 13.0. The number of nitrogens with zero attached hydrogens (tertiary/aromatic N) is 3. The van der Waals surface area contributed by atoms with Crippen LogP contribution >= 0.6 is 0 Å². The van der Waals surface area contributed by atoms with E-state index in [1.54, 1.807) is 0 Å². The molecule has 1 aromatic heterocycles. The number of ether oxygens (including phenoxy) is 1. The highest BCUT2D eigenvalue weighted by Gasteiger charge is 2.27. The zero-order chi connectivity index (χ0) is 25.6. The minimum atomic E-state index is -0.238. The maximum atomic E-state index is 13.4. The Hall–Kier alpha value is -3.87. The summed E-state index contributed by atoms with van der Waals surface area (Å²) in [6.07, 6.45) is 2.52. The number of piperidine rings is 1. The Morgan fingerprint density at radius 1 is 1.00 bits per heavy atom. The van der Waals surface area contributed by atoms with E-state index in [9.17, 15) is 9.18 Å². The molecule has 2 heterocycles. The van der Waals surface area contributed by atoms with E-state index < -0.39 is 0 Å². The van der Waals surface area contributed by atoms with Crippen LogP contribution in [0.2, 0.25) is 0 Å². The number of carbonyl (C=O) groups excluding carboxylic acids is 1. The molecule has 37 heavy (non-hydrogen) atoms. The normalized spacial score (nSPS) is 14.2. The Balaban J connectivity index is 1.21. The molecule has 0 unspecified atom stereocenters. The number of halogens is 1. The molecule has 0 bridgehead atoms. The monoisotopic (exact) mass is 500 g/mol. The molecule has 1 saturated heterocycles. The third kappa shape index (κ3) is 5.93. The molecular formula is C30H33FN4O2. The van der Waals surface area contributed by atoms with Crippen LogP contribution in [-0.2, 0) is 17.9 Å². The molecule has 6 nitrogen and oxygen atoms in total. The number of imidazole rings is 1. The fourth-order valence-electron chi connectivity index (χ4n) is 4.83. The Labute approximate surface area is 217 Å². The van der Waals surface area contributed by atoms with Gasteiger partial charge in [-0.1, -0.05) is 43.3 Å². The summed E-state index contributed by atoms with van der Waals surface area (Å²) in [4.78, 5) is 20.1. The van der Waals surface area contributed by atoms with Crippen molar-refractivity contribution in [2.75, 3.05) is 24.6 Å². The summed E-state index contributed by atoms with van der Waals surface area (Å²) in [5.74, 6) is 1.60. The molecule has 0 aliphatic carbocycles. The van der Waals surface area contributed by atoms with Gasteiger partial charge in [0.15, 0.2) is 0 Å². The first-order chi connectivity index (χ1) is 18.1. The number of fused-ring (bicyclic) bond motifs is 1. The molecule has 4 aromatic rings. The second-order valence-electron chi connectivity index (χ2n) is 9.58. The van der Waals surface area contributed by atoms with Gasteiger partial charge in [-0.3, -0.25) is 4.79 Å². The number of anilines is 1. The second-order valence-corrected chi connectivity index (χ2v) is 9.58. The molecule has 192 valence electrons. The molecule has 0 saturated carbocycles. The summed E-state index contributed by atoms with van der Waals surface area (Å²) in [6.45, 7) is 5.43. The molecule has 1 amide bonds. The molecule has 0 atom stereocenters. The van der Waals surface area contributed by atoms with Crippen LogP contribution in [0.15, 0.2) is 72.8 Å². The summed E-state index contributed by atoms with van der Waals surface area (Å²) < 4.78 is 21.3. The minimum absolute atomic E-state index is 0.0154. The maximum absolute atomic E-state index is 13.4. The molecular weight excluding hydrogens is 467 g/mol. The average molecular weight is 501 g/mol. The SMILES string of the molecule is CCCOc1ccc(CNC(=O)C2CCN(c3nc4ccccc4n3Cc3ccc(F)cc3)CC2)cc1. The van der Waals surface area contributed by atoms with Crippen molar-refractivity contribution in [3.8, 4) is 5.75 Å². The van der Waals surface area contributed by atoms with Gasteiger partial charge in [0.05, 0.1) is 24.2 Å². The van der Waals surface area contributed by atoms with Crippen molar-refractivity contribution >= 4 is 22.9 Å². The van der Waals surface area contributed by atoms with Crippen LogP contribution in [0.3, 0.4) is 0 Å². The number of rotatable bonds is 9. The van der Waals surface area contributed by atoms with Gasteiger partial charge in [0.25, 0.3) is 0 Å². The topological polar surface area (TPSA) is 59.4 Å². The molecule has 3 aromatic carbocycles. The number of nitrogens with one attached hydrogen (secondary N) is 1. The first-order valence-electron chi connectivity index (χ1n) is 13.0. The second kappa shape index (κ2) is 11.5. The predicted molar refractivity (Wildman–Crippen MR) is 144 cm³/mol. The fourth-order valence-corrected chi connectivity index (χ4v) is 4.83. The Morgan fingerprint density at radius 3 is 2.43 bits per heavy atom. The van der Waals surface area contributed by atoms with Gasteiger partial charge in [0.2, 0.25) is 11.9 Å². The largest absolute Gasteiger partial charge is 0.494 e. The van der Waals surface area contributed by atoms with Crippen LogP contribution in [0, 0.1) is 11.7 Å². The number of hydrogen-bond acceptors (Lipinski definition) is 4. The van der Waals surface area contributed by atoms with Crippen LogP contribution in [0.1, 0.15) is 37.3 Å². The van der Waals surface area contributed by atoms with E-state index in [-0.39, 0.29) is 17.6 Å². The van der Waals surface area contributed by atoms with Gasteiger partial charge in [0, 0.05) is 25.6 Å². The lowest BCUT2D eigenvalue weighted by molar-refractivity contribution is -0.125. The molecule has 5 rings (SSSR count). The van der Waals surface area contributed by atoms with E-state index in [0.29, 0.717) is 19.7 Å². The molecule has 1 N–H and O–H groups in total. The minimum Gasteiger partial charge on any atom is -0.494 e. The van der Waals surface area contributed by atoms with Crippen LogP contribution in [0.25, 0.3) is 11.0 Å². The lowest BCUT2D eigenvalue weighted by Crippen LogP contribution is -2.41. The van der Waals surface area contributed by atoms with Gasteiger partial charge in [-0.05, 0) is 66.8 Å². The van der Waals surface area contributed by atoms with Crippen LogP contribution in [0.4, 0.5) is 10.3 Å². The average Bonchev–Trinajstić information content (AvgIpc) is 3.30. The van der Waals surface area contributed by atoms with E-state index in [1.807, 2.05) is 54.6 Å². The summed E-state index contributed by atoms with van der Waals surface area (Å²) in [6, 6.07) is 22.6. The van der Waals surface area contributed by atoms with Gasteiger partial charge in [-0.2, -0.15) is 0 Å². The Morgan fingerprint density at radius 2 is 1.70 bits per heavy atom. The van der Waals surface area contributed by atoms with E-state index >= 15 is 0 Å². The number of carbonyl (C=O) groups is 1. The van der Waals surface area contributed by atoms with E-state index in [1.165, 1.54) is 12.1 Å². The summed E-state index contributed by atoms with van der Waals surface area (Å²) in [5.41, 5.74) is 4.06. The molecule has 1 aliphatic heterocycles. The van der Waals surface area contributed by atoms with E-state index in [2.05, 4.69) is 27.8 Å². The highest BCUT2D eigenvalue weighted by Crippen LogP contribution is 2.28. The number of aromatic nitrogens is 2. The summed E-state index contributed by atoms with van der Waals surface area (Å²) >= 11 is 0. The van der Waals surface area contributed by atoms with E-state index in [0.717, 1.165) is 66.2 Å². The predicted octanol–water partition coefficient (Wildman–Crippen LogP) is 5.55. The molecule has 0 spiro atoms. The number of para-hydroxylation sites is 2. The summed E-state index contributed by atoms with van der Waals surface area (Å²) in [5, 5.41) is 3.11. The molecule has 7 heteroatoms. The third-order valence-corrected chi connectivity index (χ3v) is 6.90. The molecule has 1 fully saturated rings. The lowest BCUT2D eigenvalue weighted by Gasteiger charge is -2.32. The first kappa shape index (κ1) is 24.8. The van der Waals surface area contributed by atoms with Gasteiger partial charge >= 0.3 is 0 Å².